The second-order valence-electron chi connectivity index (χ2n) is 7.23. The average molecular weight is 338 g/mol. The minimum Gasteiger partial charge on any atom is -0.508 e. The van der Waals surface area contributed by atoms with Crippen LogP contribution in [0.5, 0.6) is 23.0 Å². The summed E-state index contributed by atoms with van der Waals surface area (Å²) in [4.78, 5) is 0. The molecular weight excluding hydrogens is 320 g/mol. The summed E-state index contributed by atoms with van der Waals surface area (Å²) in [5.41, 5.74) is 2.25. The molecule has 3 aliphatic rings. The molecule has 5 rings (SSSR count). The fourth-order valence-corrected chi connectivity index (χ4v) is 3.83. The van der Waals surface area contributed by atoms with Crippen LogP contribution in [-0.4, -0.2) is 22.1 Å². The first-order valence-corrected chi connectivity index (χ1v) is 8.32. The van der Waals surface area contributed by atoms with Crippen LogP contribution in [0.3, 0.4) is 0 Å². The van der Waals surface area contributed by atoms with E-state index in [2.05, 4.69) is 0 Å². The molecule has 0 fully saturated rings. The van der Waals surface area contributed by atoms with Gasteiger partial charge in [-0.3, -0.25) is 0 Å². The van der Waals surface area contributed by atoms with E-state index in [1.165, 1.54) is 6.07 Å². The number of aliphatic hydroxyl groups is 1. The van der Waals surface area contributed by atoms with Crippen LogP contribution in [0.15, 0.2) is 36.4 Å². The lowest BCUT2D eigenvalue weighted by atomic mass is 9.87. The first-order valence-electron chi connectivity index (χ1n) is 8.32. The number of aromatic hydroxyl groups is 1. The van der Waals surface area contributed by atoms with E-state index in [0.29, 0.717) is 5.75 Å². The van der Waals surface area contributed by atoms with Crippen molar-refractivity contribution in [3.05, 3.63) is 53.1 Å². The van der Waals surface area contributed by atoms with E-state index < -0.39 is 6.29 Å². The molecule has 0 amide bonds. The predicted octanol–water partition coefficient (Wildman–Crippen LogP) is 3.50. The Hall–Kier alpha value is -2.66. The topological polar surface area (TPSA) is 68.2 Å². The normalized spacial score (nSPS) is 27.1. The van der Waals surface area contributed by atoms with Gasteiger partial charge in [-0.25, -0.2) is 0 Å². The molecule has 2 N–H and O–H groups in total. The van der Waals surface area contributed by atoms with Crippen molar-refractivity contribution in [3.8, 4) is 23.0 Å². The molecule has 0 saturated carbocycles. The van der Waals surface area contributed by atoms with E-state index in [1.54, 1.807) is 12.1 Å². The zero-order chi connectivity index (χ0) is 17.3. The van der Waals surface area contributed by atoms with Gasteiger partial charge < -0.3 is 24.4 Å². The van der Waals surface area contributed by atoms with Crippen molar-refractivity contribution in [2.24, 2.45) is 0 Å². The molecular formula is C20H18O5. The zero-order valence-corrected chi connectivity index (χ0v) is 13.9. The molecule has 2 aromatic carbocycles. The van der Waals surface area contributed by atoms with Gasteiger partial charge in [0, 0.05) is 17.2 Å². The Kier molecular flexibility index (Phi) is 2.76. The van der Waals surface area contributed by atoms with Crippen molar-refractivity contribution in [1.82, 2.24) is 0 Å². The Morgan fingerprint density at radius 3 is 2.64 bits per heavy atom. The predicted molar refractivity (Wildman–Crippen MR) is 91.0 cm³/mol. The molecule has 3 aliphatic heterocycles. The Bertz CT molecular complexity index is 915. The SMILES string of the molecule is CC1(C)C=Cc2c(ccc3c2O[C@H]2c4ccc(O)cc4O[C@H](O)[C@@H]32)O1. The summed E-state index contributed by atoms with van der Waals surface area (Å²) in [6.07, 6.45) is 2.62. The highest BCUT2D eigenvalue weighted by molar-refractivity contribution is 5.71. The van der Waals surface area contributed by atoms with Crippen LogP contribution < -0.4 is 14.2 Å². The van der Waals surface area contributed by atoms with Crippen LogP contribution in [-0.2, 0) is 0 Å². The lowest BCUT2D eigenvalue weighted by molar-refractivity contribution is -0.0725. The third-order valence-corrected chi connectivity index (χ3v) is 5.00. The second-order valence-corrected chi connectivity index (χ2v) is 7.23. The van der Waals surface area contributed by atoms with E-state index in [0.717, 1.165) is 28.2 Å². The van der Waals surface area contributed by atoms with Crippen LogP contribution in [0.4, 0.5) is 0 Å². The Labute approximate surface area is 145 Å². The van der Waals surface area contributed by atoms with Gasteiger partial charge in [-0.2, -0.15) is 0 Å². The molecule has 0 unspecified atom stereocenters. The minimum absolute atomic E-state index is 0.0934. The zero-order valence-electron chi connectivity index (χ0n) is 13.9. The molecule has 5 heteroatoms. The molecule has 5 nitrogen and oxygen atoms in total. The number of benzene rings is 2. The first kappa shape index (κ1) is 14.7. The van der Waals surface area contributed by atoms with Crippen LogP contribution in [0.25, 0.3) is 6.08 Å². The number of phenolic OH excluding ortho intramolecular Hbond substituents is 1. The summed E-state index contributed by atoms with van der Waals surface area (Å²) in [5.74, 6) is 1.72. The lowest BCUT2D eigenvalue weighted by Gasteiger charge is -2.31. The van der Waals surface area contributed by atoms with Crippen LogP contribution >= 0.6 is 0 Å². The summed E-state index contributed by atoms with van der Waals surface area (Å²) in [7, 11) is 0. The van der Waals surface area contributed by atoms with Crippen LogP contribution in [0.2, 0.25) is 0 Å². The van der Waals surface area contributed by atoms with Crippen molar-refractivity contribution in [2.75, 3.05) is 0 Å². The number of rotatable bonds is 0. The molecule has 3 heterocycles. The smallest absolute Gasteiger partial charge is 0.208 e. The van der Waals surface area contributed by atoms with Gasteiger partial charge in [-0.1, -0.05) is 6.07 Å². The molecule has 2 aromatic rings. The van der Waals surface area contributed by atoms with Gasteiger partial charge in [0.05, 0.1) is 11.5 Å². The summed E-state index contributed by atoms with van der Waals surface area (Å²) < 4.78 is 17.9. The highest BCUT2D eigenvalue weighted by atomic mass is 16.6. The Morgan fingerprint density at radius 2 is 1.80 bits per heavy atom. The highest BCUT2D eigenvalue weighted by Gasteiger charge is 2.47. The van der Waals surface area contributed by atoms with Crippen molar-refractivity contribution < 1.29 is 24.4 Å². The minimum atomic E-state index is -1.04. The standard InChI is InChI=1S/C20H18O5/c1-20(2)8-7-12-14(25-20)6-5-13-16-18(24-17(12)13)11-4-3-10(21)9-15(11)23-19(16)22/h3-9,16,18-19,21-22H,1-2H3/t16-,18-,19-/m0/s1. The van der Waals surface area contributed by atoms with Crippen LogP contribution in [0, 0.1) is 0 Å². The van der Waals surface area contributed by atoms with Crippen LogP contribution in [0.1, 0.15) is 42.6 Å². The summed E-state index contributed by atoms with van der Waals surface area (Å²) in [6, 6.07) is 8.74. The van der Waals surface area contributed by atoms with Gasteiger partial charge in [-0.05, 0) is 44.2 Å². The van der Waals surface area contributed by atoms with Crippen molar-refractivity contribution >= 4 is 6.08 Å². The van der Waals surface area contributed by atoms with E-state index in [9.17, 15) is 10.2 Å². The van der Waals surface area contributed by atoms with Crippen molar-refractivity contribution in [1.29, 1.82) is 0 Å². The molecule has 128 valence electrons. The molecule has 0 spiro atoms. The van der Waals surface area contributed by atoms with Crippen molar-refractivity contribution in [3.63, 3.8) is 0 Å². The molecule has 0 aliphatic carbocycles. The highest BCUT2D eigenvalue weighted by Crippen LogP contribution is 2.56. The maximum atomic E-state index is 10.5. The molecule has 25 heavy (non-hydrogen) atoms. The number of aliphatic hydroxyl groups excluding tert-OH is 1. The number of hydrogen-bond acceptors (Lipinski definition) is 5. The maximum Gasteiger partial charge on any atom is 0.208 e. The quantitative estimate of drug-likeness (QED) is 0.769. The van der Waals surface area contributed by atoms with Gasteiger partial charge >= 0.3 is 0 Å². The molecule has 0 saturated heterocycles. The van der Waals surface area contributed by atoms with E-state index in [4.69, 9.17) is 14.2 Å². The van der Waals surface area contributed by atoms with E-state index >= 15 is 0 Å². The van der Waals surface area contributed by atoms with Gasteiger partial charge in [0.25, 0.3) is 0 Å². The first-order chi connectivity index (χ1) is 11.9. The molecule has 0 aromatic heterocycles. The fraction of sp³-hybridized carbons (Fsp3) is 0.300. The van der Waals surface area contributed by atoms with Gasteiger partial charge in [-0.15, -0.1) is 0 Å². The lowest BCUT2D eigenvalue weighted by Crippen LogP contribution is -2.33. The van der Waals surface area contributed by atoms with Gasteiger partial charge in [0.2, 0.25) is 6.29 Å². The summed E-state index contributed by atoms with van der Waals surface area (Å²) in [6.45, 7) is 4.00. The number of fused-ring (bicyclic) bond motifs is 7. The summed E-state index contributed by atoms with van der Waals surface area (Å²) >= 11 is 0. The molecule has 3 atom stereocenters. The van der Waals surface area contributed by atoms with E-state index in [-0.39, 0.29) is 23.4 Å². The summed E-state index contributed by atoms with van der Waals surface area (Å²) in [5, 5.41) is 20.2. The largest absolute Gasteiger partial charge is 0.508 e. The second kappa shape index (κ2) is 4.70. The third-order valence-electron chi connectivity index (χ3n) is 5.00. The maximum absolute atomic E-state index is 10.5. The Morgan fingerprint density at radius 1 is 1.00 bits per heavy atom. The number of ether oxygens (including phenoxy) is 3. The third kappa shape index (κ3) is 2.05. The molecule has 0 bridgehead atoms. The van der Waals surface area contributed by atoms with Gasteiger partial charge in [0.15, 0.2) is 0 Å². The van der Waals surface area contributed by atoms with Gasteiger partial charge in [0.1, 0.15) is 34.7 Å². The molecule has 0 radical (unpaired) electrons. The number of phenols is 1. The monoisotopic (exact) mass is 338 g/mol. The van der Waals surface area contributed by atoms with E-state index in [1.807, 2.05) is 38.1 Å². The average Bonchev–Trinajstić information content (AvgIpc) is 2.93. The number of hydrogen-bond donors (Lipinski definition) is 2. The fourth-order valence-electron chi connectivity index (χ4n) is 3.83. The van der Waals surface area contributed by atoms with Crippen molar-refractivity contribution in [2.45, 2.75) is 37.8 Å². The Balaban J connectivity index is 1.64.